The van der Waals surface area contributed by atoms with Gasteiger partial charge in [0.25, 0.3) is 5.56 Å². The van der Waals surface area contributed by atoms with E-state index in [-0.39, 0.29) is 36.7 Å². The molecule has 3 aromatic carbocycles. The number of carbonyl (C=O) groups is 2. The Labute approximate surface area is 195 Å². The summed E-state index contributed by atoms with van der Waals surface area (Å²) in [5.74, 6) is -0.822. The molecule has 4 aromatic rings. The number of hydrogen-bond donors (Lipinski definition) is 0. The van der Waals surface area contributed by atoms with Gasteiger partial charge in [-0.25, -0.2) is 4.79 Å². The molecule has 172 valence electrons. The third kappa shape index (κ3) is 5.04. The van der Waals surface area contributed by atoms with E-state index in [1.807, 2.05) is 30.3 Å². The van der Waals surface area contributed by atoms with Crippen molar-refractivity contribution in [3.63, 3.8) is 0 Å². The first-order valence-electron chi connectivity index (χ1n) is 11.0. The fraction of sp³-hybridized carbons (Fsp3) is 0.185. The Morgan fingerprint density at radius 3 is 2.18 bits per heavy atom. The number of ether oxygens (including phenoxy) is 1. The maximum atomic E-state index is 13.4. The lowest BCUT2D eigenvalue weighted by atomic mass is 10.1. The molecule has 0 atom stereocenters. The Hall–Kier alpha value is -4.26. The van der Waals surface area contributed by atoms with E-state index < -0.39 is 5.97 Å². The van der Waals surface area contributed by atoms with Gasteiger partial charge < -0.3 is 4.74 Å². The van der Waals surface area contributed by atoms with E-state index in [1.54, 1.807) is 53.1 Å². The van der Waals surface area contributed by atoms with Crippen LogP contribution in [0.3, 0.4) is 0 Å². The van der Waals surface area contributed by atoms with Gasteiger partial charge in [-0.05, 0) is 29.7 Å². The molecule has 1 aromatic heterocycles. The molecular weight excluding hydrogens is 432 g/mol. The highest BCUT2D eigenvalue weighted by Crippen LogP contribution is 2.12. The number of rotatable bonds is 8. The molecule has 0 amide bonds. The zero-order valence-electron chi connectivity index (χ0n) is 18.8. The lowest BCUT2D eigenvalue weighted by Gasteiger charge is -2.14. The SMILES string of the molecule is CC(=O)OCC(=O)c1ccc(Cn2c(=O)n(CCc3ccccc3)c(=O)c3ccccc32)cc1. The van der Waals surface area contributed by atoms with Gasteiger partial charge in [0.15, 0.2) is 12.4 Å². The second kappa shape index (κ2) is 10.1. The van der Waals surface area contributed by atoms with Crippen molar-refractivity contribution < 1.29 is 14.3 Å². The number of ketones is 1. The molecule has 4 rings (SSSR count). The quantitative estimate of drug-likeness (QED) is 0.300. The largest absolute Gasteiger partial charge is 0.457 e. The van der Waals surface area contributed by atoms with Crippen LogP contribution >= 0.6 is 0 Å². The molecule has 0 radical (unpaired) electrons. The molecule has 0 saturated heterocycles. The number of esters is 1. The number of hydrogen-bond acceptors (Lipinski definition) is 5. The summed E-state index contributed by atoms with van der Waals surface area (Å²) >= 11 is 0. The summed E-state index contributed by atoms with van der Waals surface area (Å²) in [6, 6.07) is 23.6. The fourth-order valence-electron chi connectivity index (χ4n) is 3.84. The number of Topliss-reactive ketones (excluding diaryl/α,β-unsaturated/α-hetero) is 1. The third-order valence-electron chi connectivity index (χ3n) is 5.62. The van der Waals surface area contributed by atoms with Crippen molar-refractivity contribution in [2.45, 2.75) is 26.4 Å². The molecule has 0 aliphatic carbocycles. The summed E-state index contributed by atoms with van der Waals surface area (Å²) in [5.41, 5.74) is 2.12. The Balaban J connectivity index is 1.65. The van der Waals surface area contributed by atoms with Crippen molar-refractivity contribution >= 4 is 22.7 Å². The van der Waals surface area contributed by atoms with Crippen LogP contribution in [0.2, 0.25) is 0 Å². The molecule has 0 aliphatic heterocycles. The highest BCUT2D eigenvalue weighted by molar-refractivity contribution is 5.97. The second-order valence-electron chi connectivity index (χ2n) is 7.98. The Morgan fingerprint density at radius 2 is 1.47 bits per heavy atom. The van der Waals surface area contributed by atoms with E-state index in [9.17, 15) is 19.2 Å². The molecule has 7 nitrogen and oxygen atoms in total. The number of aromatic nitrogens is 2. The monoisotopic (exact) mass is 456 g/mol. The summed E-state index contributed by atoms with van der Waals surface area (Å²) in [6.45, 7) is 1.45. The van der Waals surface area contributed by atoms with E-state index in [0.717, 1.165) is 11.1 Å². The normalized spacial score (nSPS) is 10.9. The lowest BCUT2D eigenvalue weighted by Crippen LogP contribution is -2.40. The molecule has 0 unspecified atom stereocenters. The van der Waals surface area contributed by atoms with Crippen molar-refractivity contribution in [2.24, 2.45) is 0 Å². The lowest BCUT2D eigenvalue weighted by molar-refractivity contribution is -0.139. The number of benzene rings is 3. The molecule has 34 heavy (non-hydrogen) atoms. The standard InChI is InChI=1S/C27H24N2O5/c1-19(30)34-18-25(31)22-13-11-21(12-14-22)17-29-24-10-6-5-9-23(24)26(32)28(27(29)33)16-15-20-7-3-2-4-8-20/h2-14H,15-18H2,1H3. The highest BCUT2D eigenvalue weighted by Gasteiger charge is 2.14. The van der Waals surface area contributed by atoms with E-state index in [2.05, 4.69) is 0 Å². The van der Waals surface area contributed by atoms with E-state index in [1.165, 1.54) is 11.5 Å². The molecule has 0 fully saturated rings. The van der Waals surface area contributed by atoms with E-state index >= 15 is 0 Å². The molecule has 0 N–H and O–H groups in total. The molecule has 7 heteroatoms. The minimum Gasteiger partial charge on any atom is -0.457 e. The number of nitrogens with zero attached hydrogens (tertiary/aromatic N) is 2. The van der Waals surface area contributed by atoms with Gasteiger partial charge in [0.05, 0.1) is 17.4 Å². The first-order valence-corrected chi connectivity index (χ1v) is 11.0. The number of aryl methyl sites for hydroxylation is 1. The zero-order chi connectivity index (χ0) is 24.1. The van der Waals surface area contributed by atoms with E-state index in [4.69, 9.17) is 4.74 Å². The maximum Gasteiger partial charge on any atom is 0.331 e. The fourth-order valence-corrected chi connectivity index (χ4v) is 3.84. The first-order chi connectivity index (χ1) is 16.4. The van der Waals surface area contributed by atoms with Crippen LogP contribution in [0.5, 0.6) is 0 Å². The van der Waals surface area contributed by atoms with Crippen molar-refractivity contribution in [3.05, 3.63) is 116 Å². The third-order valence-corrected chi connectivity index (χ3v) is 5.62. The minimum atomic E-state index is -0.515. The van der Waals surface area contributed by atoms with Crippen LogP contribution in [0.15, 0.2) is 88.5 Å². The van der Waals surface area contributed by atoms with Crippen LogP contribution < -0.4 is 11.2 Å². The smallest absolute Gasteiger partial charge is 0.331 e. The van der Waals surface area contributed by atoms with Gasteiger partial charge >= 0.3 is 11.7 Å². The maximum absolute atomic E-state index is 13.4. The second-order valence-corrected chi connectivity index (χ2v) is 7.98. The average molecular weight is 456 g/mol. The summed E-state index contributed by atoms with van der Waals surface area (Å²) < 4.78 is 7.63. The zero-order valence-corrected chi connectivity index (χ0v) is 18.8. The van der Waals surface area contributed by atoms with Crippen LogP contribution in [-0.4, -0.2) is 27.5 Å². The van der Waals surface area contributed by atoms with Crippen LogP contribution in [0.25, 0.3) is 10.9 Å². The van der Waals surface area contributed by atoms with Crippen LogP contribution in [-0.2, 0) is 29.0 Å². The van der Waals surface area contributed by atoms with Crippen LogP contribution in [0.1, 0.15) is 28.4 Å². The van der Waals surface area contributed by atoms with Gasteiger partial charge in [-0.15, -0.1) is 0 Å². The average Bonchev–Trinajstić information content (AvgIpc) is 2.86. The van der Waals surface area contributed by atoms with Gasteiger partial charge in [0.2, 0.25) is 0 Å². The predicted octanol–water partition coefficient (Wildman–Crippen LogP) is 3.20. The Bertz CT molecular complexity index is 1450. The van der Waals surface area contributed by atoms with Gasteiger partial charge in [-0.3, -0.25) is 23.5 Å². The summed E-state index contributed by atoms with van der Waals surface area (Å²) in [5, 5.41) is 0.475. The molecule has 0 aliphatic rings. The summed E-state index contributed by atoms with van der Waals surface area (Å²) in [4.78, 5) is 49.5. The van der Waals surface area contributed by atoms with Gasteiger partial charge in [-0.1, -0.05) is 66.7 Å². The van der Waals surface area contributed by atoms with Crippen LogP contribution in [0.4, 0.5) is 0 Å². The van der Waals surface area contributed by atoms with Gasteiger partial charge in [0, 0.05) is 19.0 Å². The first kappa shape index (κ1) is 22.9. The Kier molecular flexibility index (Phi) is 6.82. The van der Waals surface area contributed by atoms with Crippen molar-refractivity contribution in [1.82, 2.24) is 9.13 Å². The number of fused-ring (bicyclic) bond motifs is 1. The molecule has 1 heterocycles. The van der Waals surface area contributed by atoms with Crippen molar-refractivity contribution in [1.29, 1.82) is 0 Å². The topological polar surface area (TPSA) is 87.4 Å². The van der Waals surface area contributed by atoms with Gasteiger partial charge in [-0.2, -0.15) is 0 Å². The van der Waals surface area contributed by atoms with E-state index in [0.29, 0.717) is 22.9 Å². The molecule has 0 saturated carbocycles. The number of para-hydroxylation sites is 1. The molecular formula is C27H24N2O5. The van der Waals surface area contributed by atoms with Gasteiger partial charge in [0.1, 0.15) is 0 Å². The summed E-state index contributed by atoms with van der Waals surface area (Å²) in [7, 11) is 0. The van der Waals surface area contributed by atoms with Crippen molar-refractivity contribution in [2.75, 3.05) is 6.61 Å². The summed E-state index contributed by atoms with van der Waals surface area (Å²) in [6.07, 6.45) is 0.563. The molecule has 0 spiro atoms. The minimum absolute atomic E-state index is 0.239. The number of carbonyl (C=O) groups excluding carboxylic acids is 2. The highest BCUT2D eigenvalue weighted by atomic mass is 16.5. The molecule has 0 bridgehead atoms. The van der Waals surface area contributed by atoms with Crippen LogP contribution in [0, 0.1) is 0 Å². The predicted molar refractivity (Wildman–Crippen MR) is 129 cm³/mol. The Morgan fingerprint density at radius 1 is 0.794 bits per heavy atom. The van der Waals surface area contributed by atoms with Crippen molar-refractivity contribution in [3.8, 4) is 0 Å².